The fourth-order valence-corrected chi connectivity index (χ4v) is 3.44. The van der Waals surface area contributed by atoms with Crippen molar-refractivity contribution in [1.29, 1.82) is 0 Å². The predicted molar refractivity (Wildman–Crippen MR) is 108 cm³/mol. The van der Waals surface area contributed by atoms with Crippen LogP contribution in [0.3, 0.4) is 0 Å². The summed E-state index contributed by atoms with van der Waals surface area (Å²) in [6.07, 6.45) is 3.62. The van der Waals surface area contributed by atoms with Crippen LogP contribution >= 0.6 is 11.8 Å². The van der Waals surface area contributed by atoms with Gasteiger partial charge in [0.2, 0.25) is 6.10 Å². The smallest absolute Gasteiger partial charge is 0.307 e. The summed E-state index contributed by atoms with van der Waals surface area (Å²) in [6.45, 7) is 3.84. The Hall–Kier alpha value is -2.41. The number of esters is 1. The van der Waals surface area contributed by atoms with Crippen LogP contribution in [0.5, 0.6) is 0 Å². The highest BCUT2D eigenvalue weighted by atomic mass is 32.2. The summed E-state index contributed by atoms with van der Waals surface area (Å²) in [5, 5.41) is 3.65. The number of benzene rings is 1. The fourth-order valence-electron chi connectivity index (χ4n) is 2.98. The van der Waals surface area contributed by atoms with Crippen molar-refractivity contribution in [2.75, 3.05) is 6.26 Å². The van der Waals surface area contributed by atoms with Gasteiger partial charge in [0.1, 0.15) is 0 Å². The van der Waals surface area contributed by atoms with Crippen molar-refractivity contribution in [3.8, 4) is 0 Å². The van der Waals surface area contributed by atoms with Gasteiger partial charge in [-0.2, -0.15) is 0 Å². The van der Waals surface area contributed by atoms with E-state index in [0.717, 1.165) is 34.9 Å². The largest absolute Gasteiger partial charge is 0.447 e. The van der Waals surface area contributed by atoms with E-state index < -0.39 is 12.1 Å². The first-order chi connectivity index (χ1) is 13.5. The van der Waals surface area contributed by atoms with E-state index in [0.29, 0.717) is 12.0 Å². The normalized spacial score (nSPS) is 14.4. The summed E-state index contributed by atoms with van der Waals surface area (Å²) < 4.78 is 5.58. The molecule has 0 saturated heterocycles. The highest BCUT2D eigenvalue weighted by molar-refractivity contribution is 7.98. The minimum absolute atomic E-state index is 0.170. The molecule has 3 rings (SSSR count). The molecule has 1 aliphatic rings. The topological polar surface area (TPSA) is 81.2 Å². The molecule has 0 unspecified atom stereocenters. The van der Waals surface area contributed by atoms with E-state index >= 15 is 0 Å². The third kappa shape index (κ3) is 5.32. The van der Waals surface area contributed by atoms with Crippen LogP contribution in [0.4, 0.5) is 0 Å². The maximum atomic E-state index is 12.6. The van der Waals surface area contributed by atoms with E-state index in [-0.39, 0.29) is 18.4 Å². The molecule has 1 aromatic carbocycles. The molecule has 1 amide bonds. The number of nitrogens with one attached hydrogen (secondary N) is 1. The molecule has 0 aliphatic heterocycles. The molecule has 0 bridgehead atoms. The van der Waals surface area contributed by atoms with Gasteiger partial charge in [-0.3, -0.25) is 9.59 Å². The first-order valence-electron chi connectivity index (χ1n) is 9.41. The quantitative estimate of drug-likeness (QED) is 0.417. The Balaban J connectivity index is 1.66. The molecule has 2 aromatic rings. The number of amides is 1. The number of carbonyl (C=O) groups is 2. The van der Waals surface area contributed by atoms with Crippen LogP contribution in [-0.2, 0) is 20.7 Å². The van der Waals surface area contributed by atoms with Crippen molar-refractivity contribution in [1.82, 2.24) is 15.3 Å². The van der Waals surface area contributed by atoms with Crippen LogP contribution in [0.1, 0.15) is 47.9 Å². The molecule has 1 heterocycles. The van der Waals surface area contributed by atoms with Crippen molar-refractivity contribution >= 4 is 23.6 Å². The van der Waals surface area contributed by atoms with E-state index in [1.807, 2.05) is 38.3 Å². The monoisotopic (exact) mass is 399 g/mol. The van der Waals surface area contributed by atoms with Gasteiger partial charge in [0, 0.05) is 29.4 Å². The Morgan fingerprint density at radius 2 is 1.82 bits per heavy atom. The van der Waals surface area contributed by atoms with Crippen molar-refractivity contribution in [2.24, 2.45) is 0 Å². The second-order valence-corrected chi connectivity index (χ2v) is 7.70. The summed E-state index contributed by atoms with van der Waals surface area (Å²) in [7, 11) is 0. The van der Waals surface area contributed by atoms with E-state index in [1.54, 1.807) is 12.1 Å². The molecule has 1 fully saturated rings. The maximum absolute atomic E-state index is 12.6. The predicted octanol–water partition coefficient (Wildman–Crippen LogP) is 3.31. The molecule has 6 nitrogen and oxygen atoms in total. The lowest BCUT2D eigenvalue weighted by molar-refractivity contribution is -0.156. The number of thioether (sulfide) groups is 1. The minimum atomic E-state index is -0.924. The van der Waals surface area contributed by atoms with E-state index in [4.69, 9.17) is 4.74 Å². The molecular formula is C21H25N3O3S. The van der Waals surface area contributed by atoms with E-state index in [9.17, 15) is 9.59 Å². The standard InChI is InChI=1S/C21H25N3O3S/c1-13-17(14(2)23-21(22-13)28-3)11-12-18(25)27-19(15-7-5-4-6-8-15)20(26)24-16-9-10-16/h4-8,16,19H,9-12H2,1-3H3,(H,24,26)/t19-/m0/s1. The van der Waals surface area contributed by atoms with Crippen molar-refractivity contribution in [3.63, 3.8) is 0 Å². The fraction of sp³-hybridized carbons (Fsp3) is 0.429. The van der Waals surface area contributed by atoms with Gasteiger partial charge in [-0.25, -0.2) is 9.97 Å². The maximum Gasteiger partial charge on any atom is 0.307 e. The highest BCUT2D eigenvalue weighted by Gasteiger charge is 2.30. The van der Waals surface area contributed by atoms with Gasteiger partial charge in [-0.1, -0.05) is 42.1 Å². The molecule has 7 heteroatoms. The molecule has 1 saturated carbocycles. The van der Waals surface area contributed by atoms with Crippen LogP contribution in [0.2, 0.25) is 0 Å². The molecule has 1 aliphatic carbocycles. The molecule has 0 radical (unpaired) electrons. The first kappa shape index (κ1) is 20.3. The minimum Gasteiger partial charge on any atom is -0.447 e. The lowest BCUT2D eigenvalue weighted by Gasteiger charge is -2.18. The molecule has 1 N–H and O–H groups in total. The molecule has 1 atom stereocenters. The number of carbonyl (C=O) groups excluding carboxylic acids is 2. The summed E-state index contributed by atoms with van der Waals surface area (Å²) in [5.41, 5.74) is 3.37. The number of aromatic nitrogens is 2. The molecule has 28 heavy (non-hydrogen) atoms. The highest BCUT2D eigenvalue weighted by Crippen LogP contribution is 2.24. The first-order valence-corrected chi connectivity index (χ1v) is 10.6. The number of hydrogen-bond acceptors (Lipinski definition) is 6. The van der Waals surface area contributed by atoms with Crippen LogP contribution in [0, 0.1) is 13.8 Å². The van der Waals surface area contributed by atoms with Crippen LogP contribution in [-0.4, -0.2) is 34.1 Å². The van der Waals surface area contributed by atoms with Crippen LogP contribution < -0.4 is 5.32 Å². The van der Waals surface area contributed by atoms with Gasteiger partial charge in [-0.15, -0.1) is 0 Å². The van der Waals surface area contributed by atoms with Crippen molar-refractivity contribution < 1.29 is 14.3 Å². The Morgan fingerprint density at radius 3 is 2.39 bits per heavy atom. The number of rotatable bonds is 8. The van der Waals surface area contributed by atoms with Crippen LogP contribution in [0.15, 0.2) is 35.5 Å². The summed E-state index contributed by atoms with van der Waals surface area (Å²) in [6, 6.07) is 9.33. The average molecular weight is 400 g/mol. The number of hydrogen-bond donors (Lipinski definition) is 1. The zero-order valence-electron chi connectivity index (χ0n) is 16.4. The number of aryl methyl sites for hydroxylation is 2. The second kappa shape index (κ2) is 9.19. The zero-order chi connectivity index (χ0) is 20.1. The molecular weight excluding hydrogens is 374 g/mol. The van der Waals surface area contributed by atoms with Gasteiger partial charge < -0.3 is 10.1 Å². The molecule has 0 spiro atoms. The lowest BCUT2D eigenvalue weighted by Crippen LogP contribution is -2.33. The Kier molecular flexibility index (Phi) is 6.67. The molecule has 148 valence electrons. The summed E-state index contributed by atoms with van der Waals surface area (Å²) in [4.78, 5) is 34.0. The number of nitrogens with zero attached hydrogens (tertiary/aromatic N) is 2. The van der Waals surface area contributed by atoms with Gasteiger partial charge >= 0.3 is 5.97 Å². The van der Waals surface area contributed by atoms with Gasteiger partial charge in [0.25, 0.3) is 5.91 Å². The average Bonchev–Trinajstić information content (AvgIpc) is 3.49. The van der Waals surface area contributed by atoms with Gasteiger partial charge in [-0.05, 0) is 44.9 Å². The second-order valence-electron chi connectivity index (χ2n) is 6.92. The summed E-state index contributed by atoms with van der Waals surface area (Å²) >= 11 is 1.49. The SMILES string of the molecule is CSc1nc(C)c(CCC(=O)O[C@H](C(=O)NC2CC2)c2ccccc2)c(C)n1. The van der Waals surface area contributed by atoms with Crippen molar-refractivity contribution in [3.05, 3.63) is 52.8 Å². The van der Waals surface area contributed by atoms with Crippen LogP contribution in [0.25, 0.3) is 0 Å². The molecule has 1 aromatic heterocycles. The van der Waals surface area contributed by atoms with Crippen molar-refractivity contribution in [2.45, 2.75) is 56.8 Å². The Bertz CT molecular complexity index is 830. The van der Waals surface area contributed by atoms with E-state index in [2.05, 4.69) is 15.3 Å². The Morgan fingerprint density at radius 1 is 1.18 bits per heavy atom. The lowest BCUT2D eigenvalue weighted by atomic mass is 10.1. The van der Waals surface area contributed by atoms with E-state index in [1.165, 1.54) is 11.8 Å². The third-order valence-electron chi connectivity index (χ3n) is 4.68. The van der Waals surface area contributed by atoms with Gasteiger partial charge in [0.05, 0.1) is 0 Å². The van der Waals surface area contributed by atoms with Gasteiger partial charge in [0.15, 0.2) is 5.16 Å². The zero-order valence-corrected chi connectivity index (χ0v) is 17.2. The Labute approximate surface area is 169 Å². The summed E-state index contributed by atoms with van der Waals surface area (Å²) in [5.74, 6) is -0.672. The third-order valence-corrected chi connectivity index (χ3v) is 5.22. The number of ether oxygens (including phenoxy) is 1.